The van der Waals surface area contributed by atoms with Crippen molar-refractivity contribution in [3.63, 3.8) is 0 Å². The lowest BCUT2D eigenvalue weighted by Crippen LogP contribution is -2.24. The molecular weight excluding hydrogens is 240 g/mol. The zero-order valence-corrected chi connectivity index (χ0v) is 14.1. The summed E-state index contributed by atoms with van der Waals surface area (Å²) in [5, 5.41) is 0. The molecule has 2 rings (SSSR count). The monoisotopic (exact) mass is 274 g/mol. The Balaban J connectivity index is 1.84. The van der Waals surface area contributed by atoms with Crippen molar-refractivity contribution in [2.75, 3.05) is 0 Å². The summed E-state index contributed by atoms with van der Waals surface area (Å²) >= 11 is 0. The Morgan fingerprint density at radius 2 is 1.95 bits per heavy atom. The van der Waals surface area contributed by atoms with Crippen molar-refractivity contribution >= 4 is 0 Å². The zero-order chi connectivity index (χ0) is 14.5. The minimum absolute atomic E-state index is 0.748. The summed E-state index contributed by atoms with van der Waals surface area (Å²) in [4.78, 5) is 0. The largest absolute Gasteiger partial charge is 0.0914 e. The minimum atomic E-state index is 0.748. The van der Waals surface area contributed by atoms with E-state index in [4.69, 9.17) is 0 Å². The molecule has 0 heteroatoms. The van der Waals surface area contributed by atoms with Gasteiger partial charge in [-0.3, -0.25) is 0 Å². The number of hydrogen-bond donors (Lipinski definition) is 0. The second kappa shape index (κ2) is 7.48. The summed E-state index contributed by atoms with van der Waals surface area (Å²) in [5.74, 6) is 4.42. The molecule has 20 heavy (non-hydrogen) atoms. The van der Waals surface area contributed by atoms with E-state index >= 15 is 0 Å². The number of rotatable bonds is 4. The molecule has 0 N–H and O–H groups in total. The van der Waals surface area contributed by atoms with Crippen LogP contribution < -0.4 is 0 Å². The minimum Gasteiger partial charge on any atom is -0.0914 e. The van der Waals surface area contributed by atoms with Gasteiger partial charge in [0, 0.05) is 0 Å². The standard InChI is InChI=1S/C20H34/c1-5-7-19-12-10-18(14-16(19)3)11-13-20-9-6-8-15(2)17(20)4/h5,7,14-17,19-20H,6,8-13H2,1-4H3/b7-5-/t15-,16?,17?,19-,20-/m1/s1. The molecule has 0 nitrogen and oxygen atoms in total. The maximum Gasteiger partial charge on any atom is -0.0170 e. The molecule has 1 saturated carbocycles. The van der Waals surface area contributed by atoms with E-state index < -0.39 is 0 Å². The highest BCUT2D eigenvalue weighted by atomic mass is 14.3. The molecule has 2 unspecified atom stereocenters. The van der Waals surface area contributed by atoms with Crippen LogP contribution in [0.3, 0.4) is 0 Å². The van der Waals surface area contributed by atoms with Crippen LogP contribution in [0, 0.1) is 29.6 Å². The van der Waals surface area contributed by atoms with Crippen LogP contribution in [0.4, 0.5) is 0 Å². The summed E-state index contributed by atoms with van der Waals surface area (Å²) < 4.78 is 0. The molecule has 0 spiro atoms. The molecule has 5 atom stereocenters. The van der Waals surface area contributed by atoms with Crippen LogP contribution in [0.1, 0.15) is 72.6 Å². The third-order valence-corrected chi connectivity index (χ3v) is 6.12. The summed E-state index contributed by atoms with van der Waals surface area (Å²) in [6.07, 6.45) is 17.2. The van der Waals surface area contributed by atoms with Gasteiger partial charge in [0.05, 0.1) is 0 Å². The van der Waals surface area contributed by atoms with E-state index in [9.17, 15) is 0 Å². The van der Waals surface area contributed by atoms with Crippen molar-refractivity contribution in [2.45, 2.75) is 72.6 Å². The van der Waals surface area contributed by atoms with Crippen LogP contribution in [-0.4, -0.2) is 0 Å². The van der Waals surface area contributed by atoms with Gasteiger partial charge in [-0.1, -0.05) is 63.8 Å². The van der Waals surface area contributed by atoms with Gasteiger partial charge < -0.3 is 0 Å². The van der Waals surface area contributed by atoms with Gasteiger partial charge >= 0.3 is 0 Å². The average molecular weight is 274 g/mol. The predicted molar refractivity (Wildman–Crippen MR) is 89.7 cm³/mol. The van der Waals surface area contributed by atoms with Gasteiger partial charge in [0.2, 0.25) is 0 Å². The number of allylic oxidation sites excluding steroid dienone is 4. The van der Waals surface area contributed by atoms with Crippen LogP contribution in [0.2, 0.25) is 0 Å². The highest BCUT2D eigenvalue weighted by Gasteiger charge is 2.27. The molecule has 2 aliphatic rings. The SMILES string of the molecule is C/C=C\[C@@H]1CCC(CC[C@H]2CCC[C@@H](C)C2C)=CC1C. The average Bonchev–Trinajstić information content (AvgIpc) is 2.43. The fraction of sp³-hybridized carbons (Fsp3) is 0.800. The van der Waals surface area contributed by atoms with E-state index in [-0.39, 0.29) is 0 Å². The first-order chi connectivity index (χ1) is 9.61. The molecule has 0 aliphatic heterocycles. The molecule has 0 heterocycles. The van der Waals surface area contributed by atoms with Crippen LogP contribution in [0.25, 0.3) is 0 Å². The van der Waals surface area contributed by atoms with Gasteiger partial charge in [-0.2, -0.15) is 0 Å². The Labute approximate surface area is 126 Å². The molecule has 0 bridgehead atoms. The van der Waals surface area contributed by atoms with E-state index in [0.717, 1.165) is 29.6 Å². The van der Waals surface area contributed by atoms with Crippen molar-refractivity contribution < 1.29 is 0 Å². The summed E-state index contributed by atoms with van der Waals surface area (Å²) in [6, 6.07) is 0. The first-order valence-corrected chi connectivity index (χ1v) is 8.94. The summed E-state index contributed by atoms with van der Waals surface area (Å²) in [7, 11) is 0. The van der Waals surface area contributed by atoms with Crippen LogP contribution in [-0.2, 0) is 0 Å². The van der Waals surface area contributed by atoms with Crippen molar-refractivity contribution in [1.29, 1.82) is 0 Å². The molecule has 0 aromatic heterocycles. The third kappa shape index (κ3) is 3.99. The molecule has 0 amide bonds. The van der Waals surface area contributed by atoms with Gasteiger partial charge in [-0.15, -0.1) is 0 Å². The normalized spacial score (nSPS) is 39.0. The van der Waals surface area contributed by atoms with Crippen molar-refractivity contribution in [1.82, 2.24) is 0 Å². The van der Waals surface area contributed by atoms with Gasteiger partial charge in [-0.05, 0) is 62.2 Å². The maximum atomic E-state index is 2.59. The van der Waals surface area contributed by atoms with Gasteiger partial charge in [0.15, 0.2) is 0 Å². The summed E-state index contributed by atoms with van der Waals surface area (Å²) in [6.45, 7) is 9.50. The predicted octanol–water partition coefficient (Wildman–Crippen LogP) is 6.39. The van der Waals surface area contributed by atoms with E-state index in [1.165, 1.54) is 44.9 Å². The Hall–Kier alpha value is -0.520. The second-order valence-corrected chi connectivity index (χ2v) is 7.48. The molecular formula is C20H34. The Morgan fingerprint density at radius 3 is 2.65 bits per heavy atom. The lowest BCUT2D eigenvalue weighted by atomic mass is 9.71. The molecule has 0 aromatic rings. The Kier molecular flexibility index (Phi) is 5.93. The van der Waals surface area contributed by atoms with E-state index in [2.05, 4.69) is 45.9 Å². The quantitative estimate of drug-likeness (QED) is 0.521. The zero-order valence-electron chi connectivity index (χ0n) is 14.1. The van der Waals surface area contributed by atoms with Crippen molar-refractivity contribution in [2.24, 2.45) is 29.6 Å². The van der Waals surface area contributed by atoms with E-state index in [1.54, 1.807) is 5.57 Å². The lowest BCUT2D eigenvalue weighted by molar-refractivity contribution is 0.172. The topological polar surface area (TPSA) is 0 Å². The molecule has 2 aliphatic carbocycles. The first-order valence-electron chi connectivity index (χ1n) is 8.94. The molecule has 1 fully saturated rings. The Bertz CT molecular complexity index is 349. The molecule has 114 valence electrons. The molecule has 0 radical (unpaired) electrons. The van der Waals surface area contributed by atoms with Gasteiger partial charge in [0.25, 0.3) is 0 Å². The van der Waals surface area contributed by atoms with Crippen LogP contribution in [0.5, 0.6) is 0 Å². The van der Waals surface area contributed by atoms with Crippen molar-refractivity contribution in [3.05, 3.63) is 23.8 Å². The second-order valence-electron chi connectivity index (χ2n) is 7.48. The summed E-state index contributed by atoms with van der Waals surface area (Å²) in [5.41, 5.74) is 1.75. The highest BCUT2D eigenvalue weighted by Crippen LogP contribution is 2.39. The van der Waals surface area contributed by atoms with Gasteiger partial charge in [-0.25, -0.2) is 0 Å². The molecule has 0 aromatic carbocycles. The van der Waals surface area contributed by atoms with Crippen molar-refractivity contribution in [3.8, 4) is 0 Å². The highest BCUT2D eigenvalue weighted by molar-refractivity contribution is 5.12. The lowest BCUT2D eigenvalue weighted by Gasteiger charge is -2.35. The first kappa shape index (κ1) is 15.9. The third-order valence-electron chi connectivity index (χ3n) is 6.12. The Morgan fingerprint density at radius 1 is 1.15 bits per heavy atom. The van der Waals surface area contributed by atoms with E-state index in [0.29, 0.717) is 0 Å². The molecule has 0 saturated heterocycles. The fourth-order valence-corrected chi connectivity index (χ4v) is 4.39. The number of hydrogen-bond acceptors (Lipinski definition) is 0. The van der Waals surface area contributed by atoms with E-state index in [1.807, 2.05) is 0 Å². The van der Waals surface area contributed by atoms with Crippen LogP contribution >= 0.6 is 0 Å². The fourth-order valence-electron chi connectivity index (χ4n) is 4.39. The smallest absolute Gasteiger partial charge is 0.0170 e. The van der Waals surface area contributed by atoms with Crippen LogP contribution in [0.15, 0.2) is 23.8 Å². The maximum absolute atomic E-state index is 2.59. The van der Waals surface area contributed by atoms with Gasteiger partial charge in [0.1, 0.15) is 0 Å².